The number of rotatable bonds is 3. The van der Waals surface area contributed by atoms with E-state index in [0.717, 1.165) is 12.3 Å². The van der Waals surface area contributed by atoms with Crippen molar-refractivity contribution in [3.05, 3.63) is 23.9 Å². The number of amides is 3. The van der Waals surface area contributed by atoms with Gasteiger partial charge in [-0.25, -0.2) is 9.78 Å². The number of carbonyl (C=O) groups excluding carboxylic acids is 2. The molecule has 1 aromatic heterocycles. The number of nitrogens with two attached hydrogens (primary N) is 1. The fraction of sp³-hybridized carbons (Fsp3) is 0.462. The molecule has 7 nitrogen and oxygen atoms in total. The number of anilines is 1. The number of aromatic nitrogens is 1. The third-order valence-electron chi connectivity index (χ3n) is 3.51. The third kappa shape index (κ3) is 4.47. The van der Waals surface area contributed by atoms with Gasteiger partial charge in [-0.05, 0) is 6.07 Å². The lowest BCUT2D eigenvalue weighted by Gasteiger charge is -2.31. The summed E-state index contributed by atoms with van der Waals surface area (Å²) in [5, 5.41) is 2.23. The Labute approximate surface area is 130 Å². The number of piperazine rings is 1. The SMILES string of the molecule is NC(=O)NCC(=O)N1CCN(c2ccc(C(F)(F)F)c[nH+]2)CC1. The van der Waals surface area contributed by atoms with Crippen LogP contribution in [0.3, 0.4) is 0 Å². The van der Waals surface area contributed by atoms with E-state index in [0.29, 0.717) is 32.0 Å². The average molecular weight is 332 g/mol. The van der Waals surface area contributed by atoms with Gasteiger partial charge in [-0.2, -0.15) is 13.2 Å². The number of carbonyl (C=O) groups is 2. The van der Waals surface area contributed by atoms with Crippen LogP contribution in [-0.4, -0.2) is 49.6 Å². The summed E-state index contributed by atoms with van der Waals surface area (Å²) in [6, 6.07) is 1.62. The lowest BCUT2D eigenvalue weighted by atomic mass is 10.2. The second-order valence-electron chi connectivity index (χ2n) is 5.05. The Morgan fingerprint density at radius 1 is 1.22 bits per heavy atom. The number of H-pyrrole nitrogens is 1. The molecule has 1 saturated heterocycles. The van der Waals surface area contributed by atoms with Crippen LogP contribution in [-0.2, 0) is 11.0 Å². The number of nitrogens with zero attached hydrogens (tertiary/aromatic N) is 2. The first-order valence-corrected chi connectivity index (χ1v) is 6.92. The van der Waals surface area contributed by atoms with Gasteiger partial charge >= 0.3 is 12.2 Å². The number of halogens is 3. The maximum atomic E-state index is 12.5. The van der Waals surface area contributed by atoms with Crippen molar-refractivity contribution in [2.45, 2.75) is 6.18 Å². The van der Waals surface area contributed by atoms with E-state index in [2.05, 4.69) is 10.3 Å². The summed E-state index contributed by atoms with van der Waals surface area (Å²) >= 11 is 0. The Hall–Kier alpha value is -2.52. The summed E-state index contributed by atoms with van der Waals surface area (Å²) in [6.45, 7) is 1.61. The molecule has 0 spiro atoms. The van der Waals surface area contributed by atoms with Gasteiger partial charge in [0, 0.05) is 6.07 Å². The van der Waals surface area contributed by atoms with Gasteiger partial charge in [-0.3, -0.25) is 9.69 Å². The second-order valence-corrected chi connectivity index (χ2v) is 5.05. The number of alkyl halides is 3. The van der Waals surface area contributed by atoms with Gasteiger partial charge in [-0.1, -0.05) is 0 Å². The van der Waals surface area contributed by atoms with E-state index in [4.69, 9.17) is 5.73 Å². The zero-order chi connectivity index (χ0) is 17.0. The zero-order valence-corrected chi connectivity index (χ0v) is 12.2. The Morgan fingerprint density at radius 2 is 1.87 bits per heavy atom. The van der Waals surface area contributed by atoms with Crippen molar-refractivity contribution in [1.29, 1.82) is 0 Å². The van der Waals surface area contributed by atoms with Crippen LogP contribution in [0, 0.1) is 0 Å². The van der Waals surface area contributed by atoms with Crippen LogP contribution in [0.5, 0.6) is 0 Å². The molecule has 1 fully saturated rings. The molecule has 1 aromatic rings. The van der Waals surface area contributed by atoms with E-state index >= 15 is 0 Å². The Morgan fingerprint density at radius 3 is 2.35 bits per heavy atom. The molecule has 0 saturated carbocycles. The van der Waals surface area contributed by atoms with Crippen molar-refractivity contribution in [2.75, 3.05) is 37.6 Å². The van der Waals surface area contributed by atoms with E-state index in [1.54, 1.807) is 4.90 Å². The van der Waals surface area contributed by atoms with Gasteiger partial charge in [0.1, 0.15) is 19.3 Å². The summed E-state index contributed by atoms with van der Waals surface area (Å²) in [6.07, 6.45) is -3.46. The molecule has 0 atom stereocenters. The molecule has 2 heterocycles. The molecule has 0 bridgehead atoms. The highest BCUT2D eigenvalue weighted by atomic mass is 19.4. The van der Waals surface area contributed by atoms with Crippen molar-refractivity contribution in [2.24, 2.45) is 5.73 Å². The second kappa shape index (κ2) is 6.71. The molecule has 3 amide bonds. The number of primary amides is 1. The Bertz CT molecular complexity index is 568. The quantitative estimate of drug-likeness (QED) is 0.805. The van der Waals surface area contributed by atoms with Gasteiger partial charge in [0.25, 0.3) is 5.82 Å². The predicted octanol–water partition coefficient (Wildman–Crippen LogP) is -0.164. The summed E-state index contributed by atoms with van der Waals surface area (Å²) in [5.74, 6) is 0.306. The lowest BCUT2D eigenvalue weighted by Crippen LogP contribution is -2.52. The molecule has 1 aliphatic rings. The summed E-state index contributed by atoms with van der Waals surface area (Å²) in [5.41, 5.74) is 4.15. The van der Waals surface area contributed by atoms with Crippen molar-refractivity contribution in [3.63, 3.8) is 0 Å². The zero-order valence-electron chi connectivity index (χ0n) is 12.2. The minimum atomic E-state index is -4.38. The number of hydrogen-bond donors (Lipinski definition) is 2. The highest BCUT2D eigenvalue weighted by Crippen LogP contribution is 2.28. The standard InChI is InChI=1S/C13H16F3N5O2/c14-13(15,16)9-1-2-10(18-7-9)20-3-5-21(6-4-20)11(22)8-19-12(17)23/h1-2,7H,3-6,8H2,(H3,17,19,23)/p+1. The van der Waals surface area contributed by atoms with Gasteiger partial charge in [0.05, 0.1) is 25.2 Å². The summed E-state index contributed by atoms with van der Waals surface area (Å²) < 4.78 is 37.5. The number of aromatic amines is 1. The fourth-order valence-electron chi connectivity index (χ4n) is 2.26. The monoisotopic (exact) mass is 332 g/mol. The maximum Gasteiger partial charge on any atom is 0.419 e. The van der Waals surface area contributed by atoms with E-state index in [9.17, 15) is 22.8 Å². The molecule has 0 aliphatic carbocycles. The molecule has 0 radical (unpaired) electrons. The third-order valence-corrected chi connectivity index (χ3v) is 3.51. The molecule has 23 heavy (non-hydrogen) atoms. The van der Waals surface area contributed by atoms with Crippen LogP contribution in [0.1, 0.15) is 5.56 Å². The normalized spacial score (nSPS) is 15.4. The fourth-order valence-corrected chi connectivity index (χ4v) is 2.26. The topological polar surface area (TPSA) is 92.8 Å². The highest BCUT2D eigenvalue weighted by molar-refractivity contribution is 5.83. The molecular formula is C13H17F3N5O2+. The molecule has 10 heteroatoms. The van der Waals surface area contributed by atoms with E-state index < -0.39 is 17.8 Å². The van der Waals surface area contributed by atoms with Gasteiger partial charge in [0.2, 0.25) is 5.91 Å². The molecule has 0 aromatic carbocycles. The maximum absolute atomic E-state index is 12.5. The van der Waals surface area contributed by atoms with Crippen LogP contribution in [0.15, 0.2) is 18.3 Å². The number of nitrogens with one attached hydrogen (secondary N) is 2. The Kier molecular flexibility index (Phi) is 4.92. The first kappa shape index (κ1) is 16.8. The predicted molar refractivity (Wildman–Crippen MR) is 74.4 cm³/mol. The van der Waals surface area contributed by atoms with E-state index in [-0.39, 0.29) is 12.5 Å². The van der Waals surface area contributed by atoms with Crippen molar-refractivity contribution < 1.29 is 27.7 Å². The number of urea groups is 1. The molecule has 0 unspecified atom stereocenters. The van der Waals surface area contributed by atoms with Crippen LogP contribution in [0.25, 0.3) is 0 Å². The van der Waals surface area contributed by atoms with Gasteiger partial charge in [0.15, 0.2) is 0 Å². The Balaban J connectivity index is 1.89. The van der Waals surface area contributed by atoms with Crippen LogP contribution in [0.4, 0.5) is 23.8 Å². The summed E-state index contributed by atoms with van der Waals surface area (Å²) in [4.78, 5) is 28.4. The van der Waals surface area contributed by atoms with Gasteiger partial charge in [-0.15, -0.1) is 0 Å². The molecule has 1 aliphatic heterocycles. The van der Waals surface area contributed by atoms with Crippen molar-refractivity contribution >= 4 is 17.8 Å². The largest absolute Gasteiger partial charge is 0.419 e. The minimum absolute atomic E-state index is 0.165. The van der Waals surface area contributed by atoms with Gasteiger partial charge < -0.3 is 16.0 Å². The van der Waals surface area contributed by atoms with Crippen molar-refractivity contribution in [1.82, 2.24) is 10.2 Å². The molecule has 126 valence electrons. The first-order chi connectivity index (χ1) is 10.8. The molecule has 4 N–H and O–H groups in total. The number of pyridine rings is 1. The first-order valence-electron chi connectivity index (χ1n) is 6.92. The summed E-state index contributed by atoms with van der Waals surface area (Å²) in [7, 11) is 0. The van der Waals surface area contributed by atoms with Crippen LogP contribution in [0.2, 0.25) is 0 Å². The van der Waals surface area contributed by atoms with Crippen LogP contribution < -0.4 is 20.9 Å². The van der Waals surface area contributed by atoms with E-state index in [1.165, 1.54) is 6.07 Å². The average Bonchev–Trinajstić information content (AvgIpc) is 2.52. The van der Waals surface area contributed by atoms with E-state index in [1.807, 2.05) is 4.90 Å². The lowest BCUT2D eigenvalue weighted by molar-refractivity contribution is -0.367. The van der Waals surface area contributed by atoms with Crippen LogP contribution >= 0.6 is 0 Å². The minimum Gasteiger partial charge on any atom is -0.352 e. The highest BCUT2D eigenvalue weighted by Gasteiger charge is 2.32. The smallest absolute Gasteiger partial charge is 0.352 e. The number of hydrogen-bond acceptors (Lipinski definition) is 3. The molecule has 2 rings (SSSR count). The molecular weight excluding hydrogens is 315 g/mol. The van der Waals surface area contributed by atoms with Crippen molar-refractivity contribution in [3.8, 4) is 0 Å².